The lowest BCUT2D eigenvalue weighted by Crippen LogP contribution is -2.41. The van der Waals surface area contributed by atoms with Gasteiger partial charge in [0.2, 0.25) is 5.91 Å². The zero-order chi connectivity index (χ0) is 24.3. The van der Waals surface area contributed by atoms with Gasteiger partial charge in [-0.2, -0.15) is 0 Å². The Balaban J connectivity index is 1.24. The summed E-state index contributed by atoms with van der Waals surface area (Å²) < 4.78 is 0. The van der Waals surface area contributed by atoms with Crippen LogP contribution < -0.4 is 16.4 Å². The topological polar surface area (TPSA) is 97.1 Å². The average Bonchev–Trinajstić information content (AvgIpc) is 3.19. The zero-order valence-corrected chi connectivity index (χ0v) is 19.2. The molecule has 4 N–H and O–H groups in total. The van der Waals surface area contributed by atoms with E-state index >= 15 is 0 Å². The Labute approximate surface area is 204 Å². The smallest absolute Gasteiger partial charge is 0.256 e. The van der Waals surface area contributed by atoms with Crippen LogP contribution in [0.2, 0.25) is 0 Å². The summed E-state index contributed by atoms with van der Waals surface area (Å²) in [5, 5.41) is 6.15. The van der Waals surface area contributed by atoms with Crippen LogP contribution in [0.25, 0.3) is 11.1 Å². The van der Waals surface area contributed by atoms with Crippen molar-refractivity contribution in [1.82, 2.24) is 4.98 Å². The van der Waals surface area contributed by atoms with Crippen LogP contribution in [0.3, 0.4) is 0 Å². The molecule has 1 aliphatic carbocycles. The Morgan fingerprint density at radius 3 is 2.03 bits per heavy atom. The summed E-state index contributed by atoms with van der Waals surface area (Å²) in [5.41, 5.74) is 10.7. The molecule has 0 bridgehead atoms. The van der Waals surface area contributed by atoms with Crippen LogP contribution >= 0.6 is 0 Å². The number of amides is 2. The van der Waals surface area contributed by atoms with Gasteiger partial charge in [0, 0.05) is 12.1 Å². The molecular weight excluding hydrogens is 436 g/mol. The number of carbonyl (C=O) groups is 2. The maximum absolute atomic E-state index is 12.9. The molecule has 174 valence electrons. The predicted octanol–water partition coefficient (Wildman–Crippen LogP) is 4.98. The molecule has 1 aromatic heterocycles. The Kier molecular flexibility index (Phi) is 6.02. The third-order valence-corrected chi connectivity index (χ3v) is 6.58. The molecule has 0 saturated heterocycles. The second-order valence-corrected chi connectivity index (χ2v) is 8.64. The molecule has 4 aromatic rings. The molecule has 0 aliphatic heterocycles. The van der Waals surface area contributed by atoms with Crippen LogP contribution in [-0.4, -0.2) is 23.3 Å². The van der Waals surface area contributed by atoms with E-state index in [-0.39, 0.29) is 11.8 Å². The number of benzene rings is 3. The molecule has 0 spiro atoms. The van der Waals surface area contributed by atoms with Crippen molar-refractivity contribution >= 4 is 23.3 Å². The first-order chi connectivity index (χ1) is 17.1. The van der Waals surface area contributed by atoms with Gasteiger partial charge in [-0.25, -0.2) is 4.98 Å². The highest BCUT2D eigenvalue weighted by Gasteiger charge is 2.47. The van der Waals surface area contributed by atoms with Crippen LogP contribution in [0.15, 0.2) is 97.2 Å². The van der Waals surface area contributed by atoms with Gasteiger partial charge in [-0.3, -0.25) is 9.59 Å². The van der Waals surface area contributed by atoms with E-state index in [2.05, 4.69) is 27.8 Å². The summed E-state index contributed by atoms with van der Waals surface area (Å²) in [4.78, 5) is 29.5. The van der Waals surface area contributed by atoms with E-state index in [1.165, 1.54) is 0 Å². The normalized spacial score (nSPS) is 12.9. The van der Waals surface area contributed by atoms with Gasteiger partial charge in [0.15, 0.2) is 0 Å². The number of hydrogen-bond acceptors (Lipinski definition) is 4. The molecule has 3 aromatic carbocycles. The lowest BCUT2D eigenvalue weighted by molar-refractivity contribution is -0.122. The highest BCUT2D eigenvalue weighted by Crippen LogP contribution is 2.51. The van der Waals surface area contributed by atoms with E-state index in [1.54, 1.807) is 24.4 Å². The first-order valence-corrected chi connectivity index (χ1v) is 11.7. The third kappa shape index (κ3) is 4.15. The van der Waals surface area contributed by atoms with E-state index in [9.17, 15) is 9.59 Å². The SMILES string of the molecule is NC(=O)C1(CCCNc2ccc(NC(=O)c3ccccc3)nc2)c2ccccc2-c2ccccc21. The molecule has 0 radical (unpaired) electrons. The van der Waals surface area contributed by atoms with E-state index in [0.717, 1.165) is 34.4 Å². The Morgan fingerprint density at radius 1 is 0.800 bits per heavy atom. The number of carbonyl (C=O) groups excluding carboxylic acids is 2. The van der Waals surface area contributed by atoms with Gasteiger partial charge in [-0.05, 0) is 59.4 Å². The maximum Gasteiger partial charge on any atom is 0.256 e. The fraction of sp³-hybridized carbons (Fsp3) is 0.138. The highest BCUT2D eigenvalue weighted by atomic mass is 16.2. The van der Waals surface area contributed by atoms with Gasteiger partial charge in [0.05, 0.1) is 17.3 Å². The summed E-state index contributed by atoms with van der Waals surface area (Å²) in [6, 6.07) is 28.7. The van der Waals surface area contributed by atoms with E-state index < -0.39 is 5.41 Å². The van der Waals surface area contributed by atoms with Crippen molar-refractivity contribution in [1.29, 1.82) is 0 Å². The van der Waals surface area contributed by atoms with Gasteiger partial charge in [0.25, 0.3) is 5.91 Å². The molecule has 0 unspecified atom stereocenters. The first kappa shape index (κ1) is 22.3. The lowest BCUT2D eigenvalue weighted by Gasteiger charge is -2.28. The second kappa shape index (κ2) is 9.43. The van der Waals surface area contributed by atoms with Crippen molar-refractivity contribution in [2.75, 3.05) is 17.2 Å². The summed E-state index contributed by atoms with van der Waals surface area (Å²) in [7, 11) is 0. The highest BCUT2D eigenvalue weighted by molar-refractivity contribution is 6.03. The molecule has 5 rings (SSSR count). The molecule has 2 amide bonds. The zero-order valence-electron chi connectivity index (χ0n) is 19.2. The van der Waals surface area contributed by atoms with Gasteiger partial charge in [-0.15, -0.1) is 0 Å². The van der Waals surface area contributed by atoms with Crippen molar-refractivity contribution < 1.29 is 9.59 Å². The number of pyridine rings is 1. The van der Waals surface area contributed by atoms with Crippen molar-refractivity contribution in [2.24, 2.45) is 5.73 Å². The number of nitrogens with one attached hydrogen (secondary N) is 2. The van der Waals surface area contributed by atoms with Gasteiger partial charge in [-0.1, -0.05) is 66.7 Å². The minimum atomic E-state index is -0.835. The molecular formula is C29H26N4O2. The predicted molar refractivity (Wildman–Crippen MR) is 138 cm³/mol. The number of anilines is 2. The molecule has 0 atom stereocenters. The van der Waals surface area contributed by atoms with Crippen molar-refractivity contribution in [3.63, 3.8) is 0 Å². The molecule has 0 fully saturated rings. The average molecular weight is 463 g/mol. The minimum Gasteiger partial charge on any atom is -0.384 e. The monoisotopic (exact) mass is 462 g/mol. The van der Waals surface area contributed by atoms with Gasteiger partial charge in [0.1, 0.15) is 5.82 Å². The van der Waals surface area contributed by atoms with Crippen LogP contribution in [-0.2, 0) is 10.2 Å². The number of primary amides is 1. The molecule has 35 heavy (non-hydrogen) atoms. The maximum atomic E-state index is 12.9. The number of rotatable bonds is 8. The van der Waals surface area contributed by atoms with Crippen molar-refractivity contribution in [3.8, 4) is 11.1 Å². The second-order valence-electron chi connectivity index (χ2n) is 8.64. The lowest BCUT2D eigenvalue weighted by atomic mass is 9.74. The fourth-order valence-electron chi connectivity index (χ4n) is 4.92. The molecule has 6 heteroatoms. The Bertz CT molecular complexity index is 1320. The van der Waals surface area contributed by atoms with E-state index in [1.807, 2.05) is 60.7 Å². The summed E-state index contributed by atoms with van der Waals surface area (Å²) in [5.74, 6) is -0.0426. The Hall–Kier alpha value is -4.45. The molecule has 1 aliphatic rings. The first-order valence-electron chi connectivity index (χ1n) is 11.7. The Morgan fingerprint density at radius 2 is 1.43 bits per heavy atom. The van der Waals surface area contributed by atoms with Crippen LogP contribution in [0, 0.1) is 0 Å². The minimum absolute atomic E-state index is 0.201. The van der Waals surface area contributed by atoms with Crippen LogP contribution in [0.5, 0.6) is 0 Å². The number of hydrogen-bond donors (Lipinski definition) is 3. The number of nitrogens with zero attached hydrogens (tertiary/aromatic N) is 1. The van der Waals surface area contributed by atoms with Crippen LogP contribution in [0.4, 0.5) is 11.5 Å². The van der Waals surface area contributed by atoms with E-state index in [0.29, 0.717) is 24.3 Å². The van der Waals surface area contributed by atoms with Gasteiger partial charge < -0.3 is 16.4 Å². The molecule has 1 heterocycles. The summed E-state index contributed by atoms with van der Waals surface area (Å²) >= 11 is 0. The third-order valence-electron chi connectivity index (χ3n) is 6.58. The van der Waals surface area contributed by atoms with Gasteiger partial charge >= 0.3 is 0 Å². The van der Waals surface area contributed by atoms with Crippen molar-refractivity contribution in [2.45, 2.75) is 18.3 Å². The standard InChI is InChI=1S/C29H26N4O2/c30-28(35)29(24-13-6-4-11-22(24)23-12-5-7-14-25(23)29)17-8-18-31-21-15-16-26(32-19-21)33-27(34)20-9-2-1-3-10-20/h1-7,9-16,19,31H,8,17-18H2,(H2,30,35)(H,32,33,34). The van der Waals surface area contributed by atoms with Crippen molar-refractivity contribution in [3.05, 3.63) is 114 Å². The molecule has 6 nitrogen and oxygen atoms in total. The number of fused-ring (bicyclic) bond motifs is 3. The van der Waals surface area contributed by atoms with Crippen LogP contribution in [0.1, 0.15) is 34.3 Å². The molecule has 0 saturated carbocycles. The fourth-order valence-corrected chi connectivity index (χ4v) is 4.92. The summed E-state index contributed by atoms with van der Waals surface area (Å²) in [6.07, 6.45) is 3.02. The number of nitrogens with two attached hydrogens (primary N) is 1. The largest absolute Gasteiger partial charge is 0.384 e. The number of aromatic nitrogens is 1. The quantitative estimate of drug-likeness (QED) is 0.322. The summed E-state index contributed by atoms with van der Waals surface area (Å²) in [6.45, 7) is 0.650. The van der Waals surface area contributed by atoms with E-state index in [4.69, 9.17) is 5.73 Å².